The van der Waals surface area contributed by atoms with Crippen molar-refractivity contribution in [1.29, 1.82) is 0 Å². The van der Waals surface area contributed by atoms with Gasteiger partial charge >= 0.3 is 13.2 Å². The van der Waals surface area contributed by atoms with E-state index in [0.29, 0.717) is 5.69 Å². The molecule has 0 spiro atoms. The van der Waals surface area contributed by atoms with Crippen LogP contribution in [0.4, 0.5) is 17.3 Å². The van der Waals surface area contributed by atoms with Crippen molar-refractivity contribution in [2.75, 3.05) is 7.05 Å². The van der Waals surface area contributed by atoms with E-state index in [1.807, 2.05) is 42.5 Å². The number of amides is 1. The van der Waals surface area contributed by atoms with Crippen LogP contribution in [-0.4, -0.2) is 20.2 Å². The number of pyridine rings is 1. The van der Waals surface area contributed by atoms with Gasteiger partial charge in [0.15, 0.2) is 6.04 Å². The molecule has 2 aromatic carbocycles. The van der Waals surface area contributed by atoms with Crippen LogP contribution >= 0.6 is 0 Å². The number of halogens is 4. The third-order valence-electron chi connectivity index (χ3n) is 4.26. The van der Waals surface area contributed by atoms with Crippen molar-refractivity contribution in [1.82, 2.24) is 5.32 Å². The average molecular weight is 418 g/mol. The molecule has 0 fully saturated rings. The summed E-state index contributed by atoms with van der Waals surface area (Å²) in [6.45, 7) is 4.20. The number of hydrogen-bond donors (Lipinski definition) is 1. The molecule has 0 atom stereocenters. The van der Waals surface area contributed by atoms with Crippen LogP contribution in [0.2, 0.25) is 0 Å². The average Bonchev–Trinajstić information content (AvgIpc) is 2.72. The molecule has 3 aromatic rings. The van der Waals surface area contributed by atoms with Crippen LogP contribution in [0.3, 0.4) is 0 Å². The van der Waals surface area contributed by atoms with Crippen molar-refractivity contribution < 1.29 is 26.6 Å². The lowest BCUT2D eigenvalue weighted by molar-refractivity contribution is -0.707. The van der Waals surface area contributed by atoms with E-state index in [2.05, 4.69) is 54.1 Å². The first-order valence-corrected chi connectivity index (χ1v) is 9.41. The molecule has 1 amide bonds. The van der Waals surface area contributed by atoms with Crippen LogP contribution in [0.1, 0.15) is 30.4 Å². The number of carbonyl (C=O) groups excluding carboxylic acids is 1. The summed E-state index contributed by atoms with van der Waals surface area (Å²) in [6.07, 6.45) is 0. The first kappa shape index (κ1) is 23.1. The molecule has 0 aliphatic rings. The zero-order valence-electron chi connectivity index (χ0n) is 17.0. The SMILES string of the molecule is CNC(=O)c1cc(-c2ccccc2)cc(-c2ccccc2)[n+]1C(C)C.F[B-](F)(F)F. The van der Waals surface area contributed by atoms with Gasteiger partial charge in [0.25, 0.3) is 5.69 Å². The molecule has 3 rings (SSSR count). The van der Waals surface area contributed by atoms with Gasteiger partial charge < -0.3 is 22.6 Å². The number of aromatic nitrogens is 1. The van der Waals surface area contributed by atoms with Crippen molar-refractivity contribution >= 4 is 13.2 Å². The Kier molecular flexibility index (Phi) is 7.75. The maximum atomic E-state index is 12.6. The largest absolute Gasteiger partial charge is 0.673 e. The Balaban J connectivity index is 0.000000575. The molecule has 0 aliphatic carbocycles. The highest BCUT2D eigenvalue weighted by Gasteiger charge is 2.27. The summed E-state index contributed by atoms with van der Waals surface area (Å²) in [6, 6.07) is 24.7. The van der Waals surface area contributed by atoms with Crippen LogP contribution in [-0.2, 0) is 0 Å². The Hall–Kier alpha value is -3.16. The summed E-state index contributed by atoms with van der Waals surface area (Å²) in [5.74, 6) is -0.0799. The molecule has 1 N–H and O–H groups in total. The lowest BCUT2D eigenvalue weighted by atomic mass is 10.0. The molecule has 30 heavy (non-hydrogen) atoms. The molecule has 0 radical (unpaired) electrons. The van der Waals surface area contributed by atoms with Gasteiger partial charge in [-0.2, -0.15) is 4.57 Å². The summed E-state index contributed by atoms with van der Waals surface area (Å²) in [5.41, 5.74) is 4.93. The van der Waals surface area contributed by atoms with Crippen molar-refractivity contribution in [3.63, 3.8) is 0 Å². The molecular formula is C22H23BF4N2O. The Morgan fingerprint density at radius 3 is 1.73 bits per heavy atom. The first-order valence-electron chi connectivity index (χ1n) is 9.41. The lowest BCUT2D eigenvalue weighted by Crippen LogP contribution is -2.46. The molecule has 0 aliphatic heterocycles. The maximum absolute atomic E-state index is 12.6. The Labute approximate surface area is 173 Å². The van der Waals surface area contributed by atoms with Crippen LogP contribution in [0.25, 0.3) is 22.4 Å². The Morgan fingerprint density at radius 2 is 1.30 bits per heavy atom. The molecular weight excluding hydrogens is 395 g/mol. The number of nitrogens with zero attached hydrogens (tertiary/aromatic N) is 1. The second kappa shape index (κ2) is 10.0. The molecule has 1 aromatic heterocycles. The van der Waals surface area contributed by atoms with Gasteiger partial charge in [-0.3, -0.25) is 4.79 Å². The molecule has 3 nitrogen and oxygen atoms in total. The minimum absolute atomic E-state index is 0.0799. The maximum Gasteiger partial charge on any atom is 0.673 e. The Bertz CT molecular complexity index is 972. The van der Waals surface area contributed by atoms with Crippen LogP contribution in [0.15, 0.2) is 72.8 Å². The molecule has 158 valence electrons. The van der Waals surface area contributed by atoms with Gasteiger partial charge in [0.2, 0.25) is 5.69 Å². The van der Waals surface area contributed by atoms with Crippen LogP contribution in [0, 0.1) is 0 Å². The minimum atomic E-state index is -6.00. The van der Waals surface area contributed by atoms with Crippen LogP contribution in [0.5, 0.6) is 0 Å². The summed E-state index contributed by atoms with van der Waals surface area (Å²) >= 11 is 0. The third-order valence-corrected chi connectivity index (χ3v) is 4.26. The van der Waals surface area contributed by atoms with Crippen molar-refractivity contribution in [3.8, 4) is 22.4 Å². The highest BCUT2D eigenvalue weighted by Crippen LogP contribution is 2.26. The molecule has 0 saturated heterocycles. The van der Waals surface area contributed by atoms with Gasteiger partial charge in [-0.1, -0.05) is 48.5 Å². The highest BCUT2D eigenvalue weighted by molar-refractivity contribution is 6.50. The number of rotatable bonds is 4. The first-order chi connectivity index (χ1) is 14.1. The zero-order valence-corrected chi connectivity index (χ0v) is 17.0. The van der Waals surface area contributed by atoms with Gasteiger partial charge in [0.1, 0.15) is 0 Å². The summed E-state index contributed by atoms with van der Waals surface area (Å²) in [7, 11) is -4.33. The smallest absolute Gasteiger partial charge is 0.418 e. The Morgan fingerprint density at radius 1 is 0.833 bits per heavy atom. The fourth-order valence-electron chi connectivity index (χ4n) is 3.09. The molecule has 0 unspecified atom stereocenters. The second-order valence-corrected chi connectivity index (χ2v) is 6.78. The summed E-state index contributed by atoms with van der Waals surface area (Å²) in [4.78, 5) is 12.6. The van der Waals surface area contributed by atoms with E-state index >= 15 is 0 Å². The number of carbonyl (C=O) groups is 1. The molecule has 0 bridgehead atoms. The van der Waals surface area contributed by atoms with E-state index in [4.69, 9.17) is 0 Å². The second-order valence-electron chi connectivity index (χ2n) is 6.78. The highest BCUT2D eigenvalue weighted by atomic mass is 19.5. The number of hydrogen-bond acceptors (Lipinski definition) is 1. The van der Waals surface area contributed by atoms with Gasteiger partial charge in [0, 0.05) is 24.7 Å². The van der Waals surface area contributed by atoms with Crippen molar-refractivity contribution in [3.05, 3.63) is 78.5 Å². The number of nitrogens with one attached hydrogen (secondary N) is 1. The van der Waals surface area contributed by atoms with Gasteiger partial charge in [0.05, 0.1) is 0 Å². The van der Waals surface area contributed by atoms with Gasteiger partial charge in [-0.05, 0) is 37.1 Å². The zero-order chi connectivity index (χ0) is 22.3. The van der Waals surface area contributed by atoms with Crippen molar-refractivity contribution in [2.24, 2.45) is 0 Å². The summed E-state index contributed by atoms with van der Waals surface area (Å²) in [5, 5.41) is 2.77. The fraction of sp³-hybridized carbons (Fsp3) is 0.182. The fourth-order valence-corrected chi connectivity index (χ4v) is 3.09. The quantitative estimate of drug-likeness (QED) is 0.337. The van der Waals surface area contributed by atoms with E-state index in [9.17, 15) is 22.1 Å². The lowest BCUT2D eigenvalue weighted by Gasteiger charge is -2.14. The summed E-state index contributed by atoms with van der Waals surface area (Å²) < 4.78 is 41.1. The van der Waals surface area contributed by atoms with Gasteiger partial charge in [-0.15, -0.1) is 0 Å². The van der Waals surface area contributed by atoms with Crippen molar-refractivity contribution in [2.45, 2.75) is 19.9 Å². The molecule has 0 saturated carbocycles. The van der Waals surface area contributed by atoms with E-state index < -0.39 is 7.25 Å². The molecule has 8 heteroatoms. The predicted octanol–water partition coefficient (Wildman–Crippen LogP) is 5.55. The monoisotopic (exact) mass is 418 g/mol. The molecule has 1 heterocycles. The van der Waals surface area contributed by atoms with E-state index in [1.165, 1.54) is 0 Å². The van der Waals surface area contributed by atoms with E-state index in [0.717, 1.165) is 22.4 Å². The topological polar surface area (TPSA) is 33.0 Å². The number of benzene rings is 2. The van der Waals surface area contributed by atoms with E-state index in [-0.39, 0.29) is 11.9 Å². The van der Waals surface area contributed by atoms with Gasteiger partial charge in [-0.25, -0.2) is 0 Å². The normalized spacial score (nSPS) is 10.9. The minimum Gasteiger partial charge on any atom is -0.418 e. The van der Waals surface area contributed by atoms with E-state index in [1.54, 1.807) is 7.05 Å². The van der Waals surface area contributed by atoms with Crippen LogP contribution < -0.4 is 9.88 Å². The standard InChI is InChI=1S/C22H22N2O.BF4/c1-16(2)24-20(18-12-8-5-9-13-18)14-19(15-21(24)22(25)23-3)17-10-6-4-7-11-17;2-1(3,4)5/h4-16H,1-3H3;/q;-1/p+1. The predicted molar refractivity (Wildman–Crippen MR) is 111 cm³/mol. The third kappa shape index (κ3) is 6.44.